The van der Waals surface area contributed by atoms with Gasteiger partial charge in [0.05, 0.1) is 22.6 Å². The van der Waals surface area contributed by atoms with E-state index in [0.717, 1.165) is 17.1 Å². The summed E-state index contributed by atoms with van der Waals surface area (Å²) in [5.41, 5.74) is 5.39. The second kappa shape index (κ2) is 5.73. The van der Waals surface area contributed by atoms with Crippen LogP contribution in [0.15, 0.2) is 74.6 Å². The van der Waals surface area contributed by atoms with E-state index in [4.69, 9.17) is 9.98 Å². The Morgan fingerprint density at radius 1 is 1.09 bits per heavy atom. The first kappa shape index (κ1) is 15.0. The average Bonchev–Trinajstić information content (AvgIpc) is 2.47. The highest BCUT2D eigenvalue weighted by atomic mass is 32.2. The van der Waals surface area contributed by atoms with E-state index >= 15 is 0 Å². The van der Waals surface area contributed by atoms with Gasteiger partial charge in [0.2, 0.25) is 0 Å². The van der Waals surface area contributed by atoms with Gasteiger partial charge in [-0.25, -0.2) is 4.99 Å². The van der Waals surface area contributed by atoms with E-state index in [-0.39, 0.29) is 5.54 Å². The zero-order chi connectivity index (χ0) is 15.7. The normalized spacial score (nSPS) is 21.5. The fourth-order valence-corrected chi connectivity index (χ4v) is 3.40. The Balaban J connectivity index is 2.08. The first-order valence-corrected chi connectivity index (χ1v) is 8.62. The number of allylic oxidation sites excluding steroid dienone is 5. The van der Waals surface area contributed by atoms with Crippen LogP contribution in [0.3, 0.4) is 0 Å². The number of thioether (sulfide) groups is 1. The highest BCUT2D eigenvalue weighted by Crippen LogP contribution is 2.34. The molecule has 0 atom stereocenters. The maximum absolute atomic E-state index is 4.91. The number of hydrogen-bond donors (Lipinski definition) is 0. The largest absolute Gasteiger partial charge is 0.273 e. The van der Waals surface area contributed by atoms with Crippen LogP contribution in [0, 0.1) is 0 Å². The number of benzene rings is 1. The van der Waals surface area contributed by atoms with E-state index in [2.05, 4.69) is 45.3 Å². The van der Waals surface area contributed by atoms with Gasteiger partial charge < -0.3 is 0 Å². The molecule has 0 unspecified atom stereocenters. The van der Waals surface area contributed by atoms with E-state index in [0.29, 0.717) is 0 Å². The van der Waals surface area contributed by atoms with Crippen LogP contribution in [0.25, 0.3) is 0 Å². The summed E-state index contributed by atoms with van der Waals surface area (Å²) in [6.45, 7) is 6.45. The second-order valence-corrected chi connectivity index (χ2v) is 6.93. The summed E-state index contributed by atoms with van der Waals surface area (Å²) in [4.78, 5) is 10.8. The molecule has 3 rings (SSSR count). The molecule has 22 heavy (non-hydrogen) atoms. The third kappa shape index (κ3) is 3.00. The minimum absolute atomic E-state index is 0.139. The molecule has 112 valence electrons. The summed E-state index contributed by atoms with van der Waals surface area (Å²) in [5, 5.41) is 0. The minimum Gasteiger partial charge on any atom is -0.273 e. The Kier molecular flexibility index (Phi) is 3.92. The van der Waals surface area contributed by atoms with E-state index in [1.54, 1.807) is 11.8 Å². The number of dihydropyridines is 1. The summed E-state index contributed by atoms with van der Waals surface area (Å²) in [6, 6.07) is 10.1. The van der Waals surface area contributed by atoms with Crippen molar-refractivity contribution in [3.8, 4) is 0 Å². The molecule has 0 saturated carbocycles. The summed E-state index contributed by atoms with van der Waals surface area (Å²) in [6.07, 6.45) is 8.60. The van der Waals surface area contributed by atoms with Crippen LogP contribution in [0.2, 0.25) is 0 Å². The van der Waals surface area contributed by atoms with E-state index < -0.39 is 0 Å². The lowest BCUT2D eigenvalue weighted by atomic mass is 9.88. The van der Waals surface area contributed by atoms with Crippen LogP contribution < -0.4 is 0 Å². The first-order valence-electron chi connectivity index (χ1n) is 7.40. The Hall–Kier alpha value is -1.87. The molecule has 0 bridgehead atoms. The molecular formula is C19H20N2S. The zero-order valence-corrected chi connectivity index (χ0v) is 14.2. The van der Waals surface area contributed by atoms with Crippen LogP contribution in [0.5, 0.6) is 0 Å². The molecule has 0 aromatic heterocycles. The van der Waals surface area contributed by atoms with E-state index in [1.165, 1.54) is 16.1 Å². The molecular weight excluding hydrogens is 288 g/mol. The fraction of sp³-hybridized carbons (Fsp3) is 0.263. The number of aliphatic imine (C=N–C) groups is 2. The van der Waals surface area contributed by atoms with Crippen molar-refractivity contribution in [1.29, 1.82) is 0 Å². The van der Waals surface area contributed by atoms with Gasteiger partial charge in [-0.1, -0.05) is 24.3 Å². The van der Waals surface area contributed by atoms with Crippen LogP contribution in [-0.4, -0.2) is 23.2 Å². The molecule has 2 aliphatic rings. The maximum atomic E-state index is 4.91. The van der Waals surface area contributed by atoms with Crippen molar-refractivity contribution in [3.05, 3.63) is 64.6 Å². The number of fused-ring (bicyclic) bond motifs is 1. The lowest BCUT2D eigenvalue weighted by molar-refractivity contribution is 0.648. The monoisotopic (exact) mass is 308 g/mol. The molecule has 3 heteroatoms. The summed E-state index contributed by atoms with van der Waals surface area (Å²) < 4.78 is 0. The van der Waals surface area contributed by atoms with Crippen molar-refractivity contribution in [2.45, 2.75) is 26.3 Å². The molecule has 1 aromatic carbocycles. The molecule has 0 amide bonds. The molecule has 0 radical (unpaired) electrons. The van der Waals surface area contributed by atoms with Crippen molar-refractivity contribution in [2.24, 2.45) is 9.98 Å². The van der Waals surface area contributed by atoms with Crippen molar-refractivity contribution in [2.75, 3.05) is 6.26 Å². The van der Waals surface area contributed by atoms with Gasteiger partial charge in [-0.15, -0.1) is 11.8 Å². The predicted molar refractivity (Wildman–Crippen MR) is 98.5 cm³/mol. The minimum atomic E-state index is -0.139. The smallest absolute Gasteiger partial charge is 0.0796 e. The number of para-hydroxylation sites is 1. The molecule has 0 fully saturated rings. The summed E-state index contributed by atoms with van der Waals surface area (Å²) in [7, 11) is 0. The van der Waals surface area contributed by atoms with Crippen molar-refractivity contribution >= 4 is 28.9 Å². The maximum Gasteiger partial charge on any atom is 0.0796 e. The van der Waals surface area contributed by atoms with Crippen LogP contribution in [0.1, 0.15) is 20.8 Å². The number of nitrogens with zero attached hydrogens (tertiary/aromatic N) is 2. The highest BCUT2D eigenvalue weighted by molar-refractivity contribution is 8.03. The summed E-state index contributed by atoms with van der Waals surface area (Å²) >= 11 is 1.73. The number of rotatable bonds is 2. The predicted octanol–water partition coefficient (Wildman–Crippen LogP) is 5.13. The van der Waals surface area contributed by atoms with Crippen LogP contribution >= 0.6 is 11.8 Å². The second-order valence-electron chi connectivity index (χ2n) is 6.08. The van der Waals surface area contributed by atoms with E-state index in [1.807, 2.05) is 30.3 Å². The first-order chi connectivity index (χ1) is 10.5. The third-order valence-corrected chi connectivity index (χ3v) is 4.44. The van der Waals surface area contributed by atoms with Crippen LogP contribution in [-0.2, 0) is 0 Å². The third-order valence-electron chi connectivity index (χ3n) is 3.69. The van der Waals surface area contributed by atoms with E-state index in [9.17, 15) is 0 Å². The molecule has 0 saturated heterocycles. The van der Waals surface area contributed by atoms with Gasteiger partial charge in [-0.3, -0.25) is 4.99 Å². The van der Waals surface area contributed by atoms with Gasteiger partial charge in [0, 0.05) is 10.5 Å². The zero-order valence-electron chi connectivity index (χ0n) is 13.4. The molecule has 0 spiro atoms. The topological polar surface area (TPSA) is 24.7 Å². The SMILES string of the molecule is CSC1=CC(=Nc2ccccc2)C=C2C(C)=CC(C)(C)N=C12. The Bertz CT molecular complexity index is 747. The quantitative estimate of drug-likeness (QED) is 0.695. The molecule has 2 nitrogen and oxygen atoms in total. The van der Waals surface area contributed by atoms with Gasteiger partial charge in [0.15, 0.2) is 0 Å². The molecule has 1 heterocycles. The van der Waals surface area contributed by atoms with Crippen molar-refractivity contribution < 1.29 is 0 Å². The van der Waals surface area contributed by atoms with Gasteiger partial charge in [0.1, 0.15) is 0 Å². The molecule has 0 N–H and O–H groups in total. The number of hydrogen-bond acceptors (Lipinski definition) is 3. The molecule has 1 aromatic rings. The lowest BCUT2D eigenvalue weighted by Crippen LogP contribution is -2.26. The summed E-state index contributed by atoms with van der Waals surface area (Å²) in [5.74, 6) is 0. The fourth-order valence-electron chi connectivity index (χ4n) is 2.81. The van der Waals surface area contributed by atoms with Gasteiger partial charge >= 0.3 is 0 Å². The Labute approximate surface area is 136 Å². The van der Waals surface area contributed by atoms with Crippen LogP contribution in [0.4, 0.5) is 5.69 Å². The Morgan fingerprint density at radius 2 is 1.82 bits per heavy atom. The van der Waals surface area contributed by atoms with Gasteiger partial charge in [0.25, 0.3) is 0 Å². The van der Waals surface area contributed by atoms with Gasteiger partial charge in [-0.2, -0.15) is 0 Å². The Morgan fingerprint density at radius 3 is 2.50 bits per heavy atom. The molecule has 1 aliphatic heterocycles. The van der Waals surface area contributed by atoms with Crippen molar-refractivity contribution in [1.82, 2.24) is 0 Å². The van der Waals surface area contributed by atoms with Crippen molar-refractivity contribution in [3.63, 3.8) is 0 Å². The highest BCUT2D eigenvalue weighted by Gasteiger charge is 2.28. The molecule has 1 aliphatic carbocycles. The lowest BCUT2D eigenvalue weighted by Gasteiger charge is -2.29. The average molecular weight is 308 g/mol. The standard InChI is InChI=1S/C19H20N2S/c1-13-12-19(2,3)21-18-16(13)10-15(11-17(18)22-4)20-14-8-6-5-7-9-14/h5-12H,1-4H3. The van der Waals surface area contributed by atoms with Gasteiger partial charge in [-0.05, 0) is 56.9 Å².